The first-order chi connectivity index (χ1) is 15.9. The number of carboxylic acids is 1. The molecule has 15 heteroatoms. The molecule has 0 spiro atoms. The van der Waals surface area contributed by atoms with Crippen LogP contribution in [-0.2, 0) is 14.3 Å². The molecule has 1 aromatic carbocycles. The number of carbonyl (C=O) groups is 2. The van der Waals surface area contributed by atoms with Crippen LogP contribution in [-0.4, -0.2) is 73.4 Å². The van der Waals surface area contributed by atoms with Crippen LogP contribution in [0.5, 0.6) is 0 Å². The Balaban J connectivity index is 2.29. The molecule has 1 aliphatic rings. The Morgan fingerprint density at radius 3 is 2.78 bits per heavy atom. The van der Waals surface area contributed by atoms with E-state index in [4.69, 9.17) is 18.1 Å². The van der Waals surface area contributed by atoms with Gasteiger partial charge in [-0.1, -0.05) is 11.2 Å². The molecule has 0 aromatic heterocycles. The zero-order valence-electron chi connectivity index (χ0n) is 18.3. The lowest BCUT2D eigenvalue weighted by atomic mass is 9.94. The summed E-state index contributed by atoms with van der Waals surface area (Å²) in [5.74, 6) is -3.39. The summed E-state index contributed by atoms with van der Waals surface area (Å²) in [7, 11) is 0. The summed E-state index contributed by atoms with van der Waals surface area (Å²) in [4.78, 5) is 35.4. The number of amides is 1. The number of aliphatic carboxylic acids is 1. The molecular weight excluding hydrogens is 450 g/mol. The second-order valence-electron chi connectivity index (χ2n) is 6.43. The van der Waals surface area contributed by atoms with E-state index < -0.39 is 82.2 Å². The van der Waals surface area contributed by atoms with Gasteiger partial charge >= 0.3 is 5.97 Å². The summed E-state index contributed by atoms with van der Waals surface area (Å²) >= 11 is 0.591. The van der Waals surface area contributed by atoms with Crippen molar-refractivity contribution in [2.24, 2.45) is 5.11 Å². The Bertz CT molecular complexity index is 1080. The molecule has 1 aliphatic heterocycles. The van der Waals surface area contributed by atoms with Crippen LogP contribution in [0.25, 0.3) is 10.4 Å². The number of hydrogen-bond donors (Lipinski definition) is 5. The third-order valence-corrected chi connectivity index (χ3v) is 5.30. The van der Waals surface area contributed by atoms with E-state index in [1.807, 2.05) is 0 Å². The summed E-state index contributed by atoms with van der Waals surface area (Å²) in [6.07, 6.45) is -5.98. The minimum absolute atomic E-state index is 0.239. The van der Waals surface area contributed by atoms with Crippen molar-refractivity contribution in [1.29, 1.82) is 0 Å². The minimum atomic E-state index is -1.88. The summed E-state index contributed by atoms with van der Waals surface area (Å²) in [5, 5.41) is 57.2. The molecule has 0 bridgehead atoms. The molecule has 2 rings (SSSR count). The number of benzene rings is 1. The number of rotatable bonds is 9. The Morgan fingerprint density at radius 2 is 2.22 bits per heavy atom. The van der Waals surface area contributed by atoms with Gasteiger partial charge in [-0.3, -0.25) is 14.9 Å². The van der Waals surface area contributed by atoms with Crippen molar-refractivity contribution in [2.75, 3.05) is 5.75 Å². The van der Waals surface area contributed by atoms with Gasteiger partial charge in [0.2, 0.25) is 11.7 Å². The number of aliphatic hydroxyl groups is 3. The fourth-order valence-corrected chi connectivity index (χ4v) is 3.72. The molecule has 5 atom stereocenters. The summed E-state index contributed by atoms with van der Waals surface area (Å²) < 4.78 is 20.8. The van der Waals surface area contributed by atoms with E-state index in [0.717, 1.165) is 19.1 Å². The third-order valence-electron chi connectivity index (χ3n) is 4.17. The predicted octanol–water partition coefficient (Wildman–Crippen LogP) is 0.583. The maximum Gasteiger partial charge on any atom is 0.370 e. The smallest absolute Gasteiger partial charge is 0.370 e. The first-order valence-electron chi connectivity index (χ1n) is 9.78. The van der Waals surface area contributed by atoms with Crippen molar-refractivity contribution in [2.45, 2.75) is 42.3 Å². The number of carboxylic acid groups (broad SMARTS) is 1. The standard InChI is InChI=1S/C17H19N5O9S/c1-7(23)19-14-10(24)5-12(17(27)28)31-16(14)15(26)11(25)6-32-13-3-2-8(20-21-18)4-9(13)22(29)30/h2-5,10-11,14-16,24-26H,6H2,1H3,(H,19,23)(H,27,28)/t10-,11+,14+,15+,16+/m0/s1/i2T,4T. The highest BCUT2D eigenvalue weighted by molar-refractivity contribution is 7.99. The third kappa shape index (κ3) is 6.09. The molecule has 1 amide bonds. The zero-order valence-corrected chi connectivity index (χ0v) is 17.1. The number of aliphatic hydroxyl groups excluding tert-OH is 3. The van der Waals surface area contributed by atoms with Crippen molar-refractivity contribution in [3.63, 3.8) is 0 Å². The summed E-state index contributed by atoms with van der Waals surface area (Å²) in [6.45, 7) is 1.11. The highest BCUT2D eigenvalue weighted by Crippen LogP contribution is 2.34. The number of nitrogens with one attached hydrogen (secondary N) is 1. The molecule has 0 saturated heterocycles. The molecule has 14 nitrogen and oxygen atoms in total. The Morgan fingerprint density at radius 1 is 1.53 bits per heavy atom. The Labute approximate surface area is 187 Å². The number of azide groups is 1. The first kappa shape index (κ1) is 21.9. The van der Waals surface area contributed by atoms with Crippen molar-refractivity contribution in [3.05, 3.63) is 50.5 Å². The van der Waals surface area contributed by atoms with Gasteiger partial charge in [0.25, 0.3) is 5.69 Å². The molecule has 1 heterocycles. The van der Waals surface area contributed by atoms with Gasteiger partial charge < -0.3 is 30.5 Å². The van der Waals surface area contributed by atoms with Crippen LogP contribution >= 0.6 is 11.8 Å². The van der Waals surface area contributed by atoms with Gasteiger partial charge in [0.1, 0.15) is 12.2 Å². The maximum absolute atomic E-state index is 11.5. The number of nitro groups is 1. The minimum Gasteiger partial charge on any atom is -0.478 e. The molecule has 5 N–H and O–H groups in total. The molecule has 0 fully saturated rings. The van der Waals surface area contributed by atoms with Crippen molar-refractivity contribution >= 4 is 35.0 Å². The topological polar surface area (TPSA) is 228 Å². The number of thioether (sulfide) groups is 1. The van der Waals surface area contributed by atoms with Crippen LogP contribution < -0.4 is 5.32 Å². The highest BCUT2D eigenvalue weighted by Gasteiger charge is 2.43. The van der Waals surface area contributed by atoms with Crippen LogP contribution in [0, 0.1) is 10.1 Å². The largest absolute Gasteiger partial charge is 0.478 e. The van der Waals surface area contributed by atoms with Gasteiger partial charge in [0.15, 0.2) is 6.10 Å². The quantitative estimate of drug-likeness (QED) is 0.0836. The maximum atomic E-state index is 11.5. The summed E-state index contributed by atoms with van der Waals surface area (Å²) in [5.41, 5.74) is 7.18. The number of ether oxygens (including phenoxy) is 1. The van der Waals surface area contributed by atoms with Crippen LogP contribution in [0.2, 0.25) is 0 Å². The monoisotopic (exact) mass is 473 g/mol. The van der Waals surface area contributed by atoms with E-state index in [9.17, 15) is 35.0 Å². The van der Waals surface area contributed by atoms with Crippen LogP contribution in [0.15, 0.2) is 40.0 Å². The van der Waals surface area contributed by atoms with E-state index in [-0.39, 0.29) is 4.90 Å². The lowest BCUT2D eigenvalue weighted by molar-refractivity contribution is -0.387. The van der Waals surface area contributed by atoms with Crippen molar-refractivity contribution in [3.8, 4) is 0 Å². The predicted molar refractivity (Wildman–Crippen MR) is 109 cm³/mol. The second-order valence-corrected chi connectivity index (χ2v) is 7.49. The number of nitrogens with zero attached hydrogens (tertiary/aromatic N) is 4. The van der Waals surface area contributed by atoms with E-state index in [0.29, 0.717) is 11.8 Å². The Kier molecular flexibility index (Phi) is 7.37. The fraction of sp³-hybridized carbons (Fsp3) is 0.412. The SMILES string of the molecule is [3H]c1cc(SC[C@@H](O)[C@@H](O)[C@@H]2OC(C(=O)O)=C[C@H](O)[C@H]2NC(C)=O)c([N+](=O)[O-])c([3H])c1N=[N+]=[N-]. The lowest BCUT2D eigenvalue weighted by Gasteiger charge is -2.38. The molecule has 32 heavy (non-hydrogen) atoms. The molecule has 0 aliphatic carbocycles. The lowest BCUT2D eigenvalue weighted by Crippen LogP contribution is -2.59. The van der Waals surface area contributed by atoms with Gasteiger partial charge in [0, 0.05) is 29.3 Å². The molecule has 0 radical (unpaired) electrons. The van der Waals surface area contributed by atoms with E-state index >= 15 is 0 Å². The fourth-order valence-electron chi connectivity index (χ4n) is 2.77. The molecule has 172 valence electrons. The first-order valence-corrected chi connectivity index (χ1v) is 9.77. The molecular formula is C17H19N5O9S. The van der Waals surface area contributed by atoms with Crippen molar-refractivity contribution in [1.82, 2.24) is 5.32 Å². The number of nitro benzene ring substituents is 1. The van der Waals surface area contributed by atoms with Gasteiger partial charge in [-0.05, 0) is 17.7 Å². The molecule has 0 unspecified atom stereocenters. The Hall–Kier alpha value is -3.36. The van der Waals surface area contributed by atoms with Gasteiger partial charge in [0.05, 0.1) is 24.7 Å². The van der Waals surface area contributed by atoms with E-state index in [2.05, 4.69) is 15.3 Å². The van der Waals surface area contributed by atoms with E-state index in [1.54, 1.807) is 0 Å². The highest BCUT2D eigenvalue weighted by atomic mass is 32.2. The number of carbonyl (C=O) groups excluding carboxylic acids is 1. The number of hydrogen-bond acceptors (Lipinski definition) is 10. The van der Waals surface area contributed by atoms with Gasteiger partial charge in [-0.2, -0.15) is 0 Å². The average molecular weight is 473 g/mol. The normalized spacial score (nSPS) is 22.8. The van der Waals surface area contributed by atoms with Crippen molar-refractivity contribution < 1.29 is 42.4 Å². The van der Waals surface area contributed by atoms with Crippen LogP contribution in [0.4, 0.5) is 11.4 Å². The molecule has 1 aromatic rings. The average Bonchev–Trinajstić information content (AvgIpc) is 2.74. The van der Waals surface area contributed by atoms with Gasteiger partial charge in [-0.15, -0.1) is 11.8 Å². The van der Waals surface area contributed by atoms with E-state index in [1.165, 1.54) is 0 Å². The van der Waals surface area contributed by atoms with Crippen LogP contribution in [0.3, 0.4) is 0 Å². The zero-order chi connectivity index (χ0) is 25.7. The summed E-state index contributed by atoms with van der Waals surface area (Å²) in [6, 6.07) is -1.66. The molecule has 0 saturated carbocycles. The van der Waals surface area contributed by atoms with Crippen LogP contribution in [0.1, 0.15) is 9.67 Å². The van der Waals surface area contributed by atoms with Gasteiger partial charge in [-0.25, -0.2) is 4.79 Å². The second kappa shape index (κ2) is 10.8.